The summed E-state index contributed by atoms with van der Waals surface area (Å²) in [6, 6.07) is 3.81. The molecule has 3 aromatic heterocycles. The minimum absolute atomic E-state index is 0.0645. The minimum atomic E-state index is -0.493. The number of nitrogens with one attached hydrogen (secondary N) is 3. The Morgan fingerprint density at radius 1 is 1.39 bits per heavy atom. The zero-order valence-corrected chi connectivity index (χ0v) is 18.4. The molecule has 3 aromatic rings. The Morgan fingerprint density at radius 2 is 2.24 bits per heavy atom. The van der Waals surface area contributed by atoms with E-state index < -0.39 is 11.6 Å². The molecule has 168 valence electrons. The molecule has 2 aliphatic rings. The van der Waals surface area contributed by atoms with Gasteiger partial charge in [-0.05, 0) is 19.9 Å². The monoisotopic (exact) mass is 444 g/mol. The molecule has 5 heterocycles. The quantitative estimate of drug-likeness (QED) is 0.517. The molecule has 0 aromatic carbocycles. The number of carbonyl (C=O) groups is 1. The van der Waals surface area contributed by atoms with Gasteiger partial charge in [-0.1, -0.05) is 0 Å². The molecule has 3 N–H and O–H groups in total. The summed E-state index contributed by atoms with van der Waals surface area (Å²) in [5.41, 5.74) is 1.97. The van der Waals surface area contributed by atoms with Crippen molar-refractivity contribution in [3.05, 3.63) is 43.0 Å². The van der Waals surface area contributed by atoms with Crippen LogP contribution < -0.4 is 10.6 Å². The van der Waals surface area contributed by atoms with Crippen LogP contribution in [0.15, 0.2) is 48.0 Å². The maximum absolute atomic E-state index is 12.2. The first kappa shape index (κ1) is 20.7. The minimum Gasteiger partial charge on any atom is -0.372 e. The Morgan fingerprint density at radius 3 is 2.97 bits per heavy atom. The molecule has 1 amide bonds. The lowest BCUT2D eigenvalue weighted by molar-refractivity contribution is -0.121. The van der Waals surface area contributed by atoms with Gasteiger partial charge in [0.1, 0.15) is 29.4 Å². The molecule has 33 heavy (non-hydrogen) atoms. The second-order valence-corrected chi connectivity index (χ2v) is 8.64. The maximum atomic E-state index is 12.2. The summed E-state index contributed by atoms with van der Waals surface area (Å²) >= 11 is 0. The number of amides is 1. The molecule has 5 rings (SSSR count). The number of aliphatic imine (C=N–C) groups is 1. The fourth-order valence-electron chi connectivity index (χ4n) is 4.20. The number of carbonyl (C=O) groups excluding carboxylic acids is 1. The lowest BCUT2D eigenvalue weighted by Gasteiger charge is -2.50. The lowest BCUT2D eigenvalue weighted by Crippen LogP contribution is -2.62. The van der Waals surface area contributed by atoms with Crippen molar-refractivity contribution in [2.24, 2.45) is 4.99 Å². The van der Waals surface area contributed by atoms with E-state index in [1.54, 1.807) is 18.6 Å². The van der Waals surface area contributed by atoms with Crippen LogP contribution in [0.1, 0.15) is 20.3 Å². The average Bonchev–Trinajstić information content (AvgIpc) is 3.45. The number of nitriles is 1. The van der Waals surface area contributed by atoms with E-state index >= 15 is 0 Å². The topological polar surface area (TPSA) is 140 Å². The van der Waals surface area contributed by atoms with Gasteiger partial charge in [-0.3, -0.25) is 9.48 Å². The second kappa shape index (κ2) is 8.05. The van der Waals surface area contributed by atoms with Crippen LogP contribution >= 0.6 is 0 Å². The Kier molecular flexibility index (Phi) is 5.05. The van der Waals surface area contributed by atoms with E-state index in [0.717, 1.165) is 28.1 Å². The molecule has 1 saturated heterocycles. The highest BCUT2D eigenvalue weighted by Crippen LogP contribution is 2.36. The number of hydrogen-bond acceptors (Lipinski definition) is 8. The smallest absolute Gasteiger partial charge is 0.248 e. The van der Waals surface area contributed by atoms with Crippen LogP contribution in [0.5, 0.6) is 0 Å². The number of hydrogen-bond donors (Lipinski definition) is 3. The van der Waals surface area contributed by atoms with E-state index in [1.807, 2.05) is 37.0 Å². The summed E-state index contributed by atoms with van der Waals surface area (Å²) in [6.45, 7) is 5.00. The van der Waals surface area contributed by atoms with Gasteiger partial charge in [-0.25, -0.2) is 15.0 Å². The van der Waals surface area contributed by atoms with Crippen LogP contribution in [0.2, 0.25) is 0 Å². The van der Waals surface area contributed by atoms with Crippen molar-refractivity contribution < 1.29 is 4.79 Å². The van der Waals surface area contributed by atoms with Crippen molar-refractivity contribution in [2.75, 3.05) is 13.1 Å². The highest BCUT2D eigenvalue weighted by molar-refractivity contribution is 5.98. The van der Waals surface area contributed by atoms with E-state index in [1.165, 1.54) is 6.33 Å². The molecular formula is C22H24N10O. The van der Waals surface area contributed by atoms with E-state index in [-0.39, 0.29) is 11.9 Å². The molecular weight excluding hydrogens is 420 g/mol. The van der Waals surface area contributed by atoms with Gasteiger partial charge in [0.15, 0.2) is 0 Å². The highest BCUT2D eigenvalue weighted by Gasteiger charge is 2.46. The number of nitrogens with zero attached hydrogens (tertiary/aromatic N) is 7. The molecule has 11 nitrogen and oxygen atoms in total. The molecule has 0 spiro atoms. The normalized spacial score (nSPS) is 19.0. The summed E-state index contributed by atoms with van der Waals surface area (Å²) in [6.07, 6.45) is 10.7. The lowest BCUT2D eigenvalue weighted by atomic mass is 9.87. The fraction of sp³-hybridized carbons (Fsp3) is 0.364. The number of aromatic amines is 1. The summed E-state index contributed by atoms with van der Waals surface area (Å²) in [5.74, 6) is 0.617. The van der Waals surface area contributed by atoms with Gasteiger partial charge >= 0.3 is 0 Å². The average molecular weight is 445 g/mol. The zero-order valence-electron chi connectivity index (χ0n) is 18.4. The van der Waals surface area contributed by atoms with Crippen LogP contribution in [-0.4, -0.2) is 66.9 Å². The third-order valence-electron chi connectivity index (χ3n) is 5.86. The van der Waals surface area contributed by atoms with Gasteiger partial charge in [0.05, 0.1) is 24.4 Å². The molecule has 1 atom stereocenters. The molecule has 1 unspecified atom stereocenters. The fourth-order valence-corrected chi connectivity index (χ4v) is 4.20. The predicted molar refractivity (Wildman–Crippen MR) is 122 cm³/mol. The third-order valence-corrected chi connectivity index (χ3v) is 5.86. The number of H-pyrrole nitrogens is 1. The summed E-state index contributed by atoms with van der Waals surface area (Å²) in [5, 5.41) is 21.0. The first-order valence-electron chi connectivity index (χ1n) is 10.8. The van der Waals surface area contributed by atoms with Crippen LogP contribution in [0.25, 0.3) is 22.3 Å². The van der Waals surface area contributed by atoms with Crippen molar-refractivity contribution in [2.45, 2.75) is 37.9 Å². The molecule has 0 saturated carbocycles. The van der Waals surface area contributed by atoms with Crippen molar-refractivity contribution in [3.8, 4) is 17.3 Å². The molecule has 1 fully saturated rings. The second-order valence-electron chi connectivity index (χ2n) is 8.64. The number of rotatable bonds is 6. The van der Waals surface area contributed by atoms with Crippen molar-refractivity contribution in [1.82, 2.24) is 40.3 Å². The van der Waals surface area contributed by atoms with Gasteiger partial charge in [-0.2, -0.15) is 10.4 Å². The van der Waals surface area contributed by atoms with Gasteiger partial charge < -0.3 is 20.5 Å². The van der Waals surface area contributed by atoms with Crippen molar-refractivity contribution in [3.63, 3.8) is 0 Å². The zero-order chi connectivity index (χ0) is 23.0. The first-order valence-corrected chi connectivity index (χ1v) is 10.8. The van der Waals surface area contributed by atoms with Gasteiger partial charge in [0, 0.05) is 54.9 Å². The summed E-state index contributed by atoms with van der Waals surface area (Å²) in [7, 11) is 0. The number of likely N-dealkylation sites (tertiary alicyclic amines) is 1. The SMILES string of the molecule is CC(C)NC(=O)C1C=NC(N2CC(CC#N)(n3cc(-c4ncnc5[nH]ccc45)cn3)C2)=CN1. The van der Waals surface area contributed by atoms with Crippen molar-refractivity contribution in [1.29, 1.82) is 5.26 Å². The van der Waals surface area contributed by atoms with Crippen LogP contribution in [-0.2, 0) is 10.3 Å². The predicted octanol–water partition coefficient (Wildman–Crippen LogP) is 1.11. The standard InChI is InChI=1S/C22H24N10O/c1-14(2)30-21(33)17-8-26-18(9-25-17)31-11-22(12-31,4-5-23)32-10-15(7-29-32)19-16-3-6-24-20(16)28-13-27-19/h3,6-10,13-14,17,25H,4,11-12H2,1-2H3,(H,30,33)(H,24,27,28). The van der Waals surface area contributed by atoms with E-state index in [4.69, 9.17) is 0 Å². The molecule has 11 heteroatoms. The number of fused-ring (bicyclic) bond motifs is 1. The first-order chi connectivity index (χ1) is 16.0. The van der Waals surface area contributed by atoms with Gasteiger partial charge in [0.2, 0.25) is 5.91 Å². The number of aromatic nitrogens is 5. The Balaban J connectivity index is 1.31. The highest BCUT2D eigenvalue weighted by atomic mass is 16.2. The molecule has 0 aliphatic carbocycles. The Hall–Kier alpha value is -4.20. The molecule has 0 radical (unpaired) electrons. The maximum Gasteiger partial charge on any atom is 0.248 e. The largest absolute Gasteiger partial charge is 0.372 e. The van der Waals surface area contributed by atoms with Crippen molar-refractivity contribution >= 4 is 23.2 Å². The Bertz CT molecular complexity index is 1290. The van der Waals surface area contributed by atoms with E-state index in [9.17, 15) is 10.1 Å². The molecule has 2 aliphatic heterocycles. The van der Waals surface area contributed by atoms with E-state index in [0.29, 0.717) is 19.5 Å². The summed E-state index contributed by atoms with van der Waals surface area (Å²) in [4.78, 5) is 30.5. The van der Waals surface area contributed by atoms with Crippen LogP contribution in [0, 0.1) is 11.3 Å². The van der Waals surface area contributed by atoms with Crippen LogP contribution in [0.3, 0.4) is 0 Å². The third kappa shape index (κ3) is 3.69. The summed E-state index contributed by atoms with van der Waals surface area (Å²) < 4.78 is 1.86. The van der Waals surface area contributed by atoms with Gasteiger partial charge in [-0.15, -0.1) is 0 Å². The molecule has 0 bridgehead atoms. The van der Waals surface area contributed by atoms with E-state index in [2.05, 4.69) is 46.6 Å². The Labute approximate surface area is 190 Å². The van der Waals surface area contributed by atoms with Crippen LogP contribution in [0.4, 0.5) is 0 Å². The van der Waals surface area contributed by atoms with Gasteiger partial charge in [0.25, 0.3) is 0 Å².